The lowest BCUT2D eigenvalue weighted by Crippen LogP contribution is -1.98. The SMILES string of the molecule is CC(=O)c1cc(Cl)c(Cl)c2c1-c1ccc(Cl)cc1C2. The average molecular weight is 312 g/mol. The third-order valence-electron chi connectivity index (χ3n) is 3.40. The first-order valence-corrected chi connectivity index (χ1v) is 6.93. The molecule has 0 fully saturated rings. The molecule has 4 heteroatoms. The Labute approximate surface area is 126 Å². The van der Waals surface area contributed by atoms with Crippen molar-refractivity contribution in [2.24, 2.45) is 0 Å². The topological polar surface area (TPSA) is 17.1 Å². The fourth-order valence-electron chi connectivity index (χ4n) is 2.57. The van der Waals surface area contributed by atoms with Crippen LogP contribution < -0.4 is 0 Å². The van der Waals surface area contributed by atoms with Crippen LogP contribution in [0.1, 0.15) is 28.4 Å². The maximum absolute atomic E-state index is 11.8. The van der Waals surface area contributed by atoms with Gasteiger partial charge in [-0.05, 0) is 47.4 Å². The zero-order valence-corrected chi connectivity index (χ0v) is 12.3. The fourth-order valence-corrected chi connectivity index (χ4v) is 3.21. The second kappa shape index (κ2) is 4.52. The molecule has 0 saturated heterocycles. The van der Waals surface area contributed by atoms with Gasteiger partial charge in [0.15, 0.2) is 5.78 Å². The van der Waals surface area contributed by atoms with Gasteiger partial charge in [-0.1, -0.05) is 40.9 Å². The van der Waals surface area contributed by atoms with Gasteiger partial charge < -0.3 is 0 Å². The second-order valence-corrected chi connectivity index (χ2v) is 5.83. The molecule has 0 heterocycles. The van der Waals surface area contributed by atoms with Gasteiger partial charge in [0.25, 0.3) is 0 Å². The summed E-state index contributed by atoms with van der Waals surface area (Å²) in [5.41, 5.74) is 4.52. The molecule has 0 aromatic heterocycles. The zero-order chi connectivity index (χ0) is 13.7. The van der Waals surface area contributed by atoms with Gasteiger partial charge in [0.05, 0.1) is 10.0 Å². The summed E-state index contributed by atoms with van der Waals surface area (Å²) in [6.45, 7) is 1.54. The molecule has 0 bridgehead atoms. The molecule has 2 aromatic carbocycles. The molecule has 19 heavy (non-hydrogen) atoms. The van der Waals surface area contributed by atoms with Gasteiger partial charge in [0.2, 0.25) is 0 Å². The number of benzene rings is 2. The van der Waals surface area contributed by atoms with E-state index >= 15 is 0 Å². The molecule has 96 valence electrons. The Bertz CT molecular complexity index is 720. The summed E-state index contributed by atoms with van der Waals surface area (Å²) in [5.74, 6) is -0.0161. The predicted octanol–water partition coefficient (Wildman–Crippen LogP) is 5.42. The first kappa shape index (κ1) is 13.0. The van der Waals surface area contributed by atoms with Gasteiger partial charge >= 0.3 is 0 Å². The van der Waals surface area contributed by atoms with Crippen molar-refractivity contribution in [2.75, 3.05) is 0 Å². The molecular formula is C15H9Cl3O. The molecule has 0 atom stereocenters. The van der Waals surface area contributed by atoms with Crippen molar-refractivity contribution in [3.8, 4) is 11.1 Å². The quantitative estimate of drug-likeness (QED) is 0.548. The van der Waals surface area contributed by atoms with Crippen molar-refractivity contribution < 1.29 is 4.79 Å². The predicted molar refractivity (Wildman–Crippen MR) is 79.7 cm³/mol. The Balaban J connectivity index is 2.37. The van der Waals surface area contributed by atoms with E-state index in [9.17, 15) is 4.79 Å². The van der Waals surface area contributed by atoms with Crippen molar-refractivity contribution in [1.29, 1.82) is 0 Å². The maximum Gasteiger partial charge on any atom is 0.160 e. The molecule has 3 rings (SSSR count). The highest BCUT2D eigenvalue weighted by atomic mass is 35.5. The van der Waals surface area contributed by atoms with Crippen LogP contribution in [0.4, 0.5) is 0 Å². The van der Waals surface area contributed by atoms with Crippen molar-refractivity contribution in [2.45, 2.75) is 13.3 Å². The van der Waals surface area contributed by atoms with E-state index in [2.05, 4.69) is 0 Å². The van der Waals surface area contributed by atoms with Gasteiger partial charge in [-0.15, -0.1) is 0 Å². The summed E-state index contributed by atoms with van der Waals surface area (Å²) >= 11 is 18.4. The van der Waals surface area contributed by atoms with Crippen LogP contribution in [-0.2, 0) is 6.42 Å². The number of halogens is 3. The lowest BCUT2D eigenvalue weighted by molar-refractivity contribution is 0.101. The molecule has 0 radical (unpaired) electrons. The summed E-state index contributed by atoms with van der Waals surface area (Å²) in [6.07, 6.45) is 0.658. The molecule has 0 amide bonds. The third kappa shape index (κ3) is 1.97. The number of ketones is 1. The van der Waals surface area contributed by atoms with E-state index in [1.54, 1.807) is 6.07 Å². The molecule has 0 aliphatic heterocycles. The molecule has 2 aromatic rings. The van der Waals surface area contributed by atoms with E-state index < -0.39 is 0 Å². The van der Waals surface area contributed by atoms with Crippen molar-refractivity contribution in [3.05, 3.63) is 56.0 Å². The fraction of sp³-hybridized carbons (Fsp3) is 0.133. The summed E-state index contributed by atoms with van der Waals surface area (Å²) in [6, 6.07) is 7.31. The van der Waals surface area contributed by atoms with Crippen LogP contribution in [0.15, 0.2) is 24.3 Å². The van der Waals surface area contributed by atoms with Gasteiger partial charge in [0.1, 0.15) is 0 Å². The van der Waals surface area contributed by atoms with Crippen LogP contribution in [0.2, 0.25) is 15.1 Å². The van der Waals surface area contributed by atoms with Crippen LogP contribution in [-0.4, -0.2) is 5.78 Å². The molecule has 1 aliphatic carbocycles. The molecular weight excluding hydrogens is 303 g/mol. The zero-order valence-electron chi connectivity index (χ0n) is 10.1. The monoisotopic (exact) mass is 310 g/mol. The Hall–Kier alpha value is -1.02. The number of hydrogen-bond donors (Lipinski definition) is 0. The minimum absolute atomic E-state index is 0.0161. The second-order valence-electron chi connectivity index (χ2n) is 4.61. The number of fused-ring (bicyclic) bond motifs is 3. The summed E-state index contributed by atoms with van der Waals surface area (Å²) in [4.78, 5) is 11.8. The number of carbonyl (C=O) groups excluding carboxylic acids is 1. The normalized spacial score (nSPS) is 12.2. The van der Waals surface area contributed by atoms with E-state index in [0.717, 1.165) is 22.3 Å². The Morgan fingerprint density at radius 2 is 1.89 bits per heavy atom. The lowest BCUT2D eigenvalue weighted by atomic mass is 9.97. The molecule has 0 saturated carbocycles. The molecule has 0 spiro atoms. The average Bonchev–Trinajstić information content (AvgIpc) is 2.72. The van der Waals surface area contributed by atoms with E-state index in [4.69, 9.17) is 34.8 Å². The maximum atomic E-state index is 11.8. The largest absolute Gasteiger partial charge is 0.294 e. The van der Waals surface area contributed by atoms with Crippen LogP contribution >= 0.6 is 34.8 Å². The van der Waals surface area contributed by atoms with Gasteiger partial charge in [0, 0.05) is 17.0 Å². The lowest BCUT2D eigenvalue weighted by Gasteiger charge is -2.10. The smallest absolute Gasteiger partial charge is 0.160 e. The minimum atomic E-state index is -0.0161. The number of carbonyl (C=O) groups is 1. The van der Waals surface area contributed by atoms with Crippen LogP contribution in [0.3, 0.4) is 0 Å². The van der Waals surface area contributed by atoms with Crippen molar-refractivity contribution in [1.82, 2.24) is 0 Å². The van der Waals surface area contributed by atoms with Crippen LogP contribution in [0.25, 0.3) is 11.1 Å². The summed E-state index contributed by atoms with van der Waals surface area (Å²) in [5, 5.41) is 1.62. The Morgan fingerprint density at radius 1 is 1.16 bits per heavy atom. The van der Waals surface area contributed by atoms with E-state index in [1.165, 1.54) is 6.92 Å². The molecule has 1 aliphatic rings. The summed E-state index contributed by atoms with van der Waals surface area (Å²) in [7, 11) is 0. The first-order chi connectivity index (χ1) is 8.99. The summed E-state index contributed by atoms with van der Waals surface area (Å²) < 4.78 is 0. The number of Topliss-reactive ketones (excluding diaryl/α,β-unsaturated/α-hetero) is 1. The van der Waals surface area contributed by atoms with Gasteiger partial charge in [-0.25, -0.2) is 0 Å². The molecule has 0 N–H and O–H groups in total. The highest BCUT2D eigenvalue weighted by Crippen LogP contribution is 2.45. The number of hydrogen-bond acceptors (Lipinski definition) is 1. The highest BCUT2D eigenvalue weighted by Gasteiger charge is 2.27. The standard InChI is InChI=1S/C15H9Cl3O/c1-7(19)11-6-13(17)15(18)12-5-8-4-9(16)2-3-10(8)14(11)12/h2-4,6H,5H2,1H3. The van der Waals surface area contributed by atoms with Gasteiger partial charge in [-0.2, -0.15) is 0 Å². The van der Waals surface area contributed by atoms with Crippen molar-refractivity contribution in [3.63, 3.8) is 0 Å². The van der Waals surface area contributed by atoms with Gasteiger partial charge in [-0.3, -0.25) is 4.79 Å². The molecule has 1 nitrogen and oxygen atoms in total. The van der Waals surface area contributed by atoms with Crippen LogP contribution in [0.5, 0.6) is 0 Å². The van der Waals surface area contributed by atoms with E-state index in [-0.39, 0.29) is 5.78 Å². The van der Waals surface area contributed by atoms with Crippen molar-refractivity contribution >= 4 is 40.6 Å². The first-order valence-electron chi connectivity index (χ1n) is 5.79. The number of rotatable bonds is 1. The molecule has 0 unspecified atom stereocenters. The Kier molecular flexibility index (Phi) is 3.09. The Morgan fingerprint density at radius 3 is 2.58 bits per heavy atom. The highest BCUT2D eigenvalue weighted by molar-refractivity contribution is 6.43. The van der Waals surface area contributed by atoms with E-state index in [1.807, 2.05) is 18.2 Å². The van der Waals surface area contributed by atoms with E-state index in [0.29, 0.717) is 27.1 Å². The minimum Gasteiger partial charge on any atom is -0.294 e. The van der Waals surface area contributed by atoms with Crippen LogP contribution in [0, 0.1) is 0 Å². The third-order valence-corrected chi connectivity index (χ3v) is 4.46.